The van der Waals surface area contributed by atoms with Gasteiger partial charge in [0.15, 0.2) is 0 Å². The minimum atomic E-state index is 0.798. The standard InChI is InChI=1S/C11H16N4/c1-6-10(14-8(3)12-6)5-11-7(2)13-9(4)15-11/h5H2,1-4H3,(H,12,14)(H,13,15). The average molecular weight is 204 g/mol. The summed E-state index contributed by atoms with van der Waals surface area (Å²) in [5.41, 5.74) is 4.43. The Hall–Kier alpha value is -1.58. The van der Waals surface area contributed by atoms with E-state index in [1.54, 1.807) is 0 Å². The summed E-state index contributed by atoms with van der Waals surface area (Å²) in [6.07, 6.45) is 0.798. The van der Waals surface area contributed by atoms with Crippen LogP contribution in [0.5, 0.6) is 0 Å². The summed E-state index contributed by atoms with van der Waals surface area (Å²) >= 11 is 0. The molecule has 0 atom stereocenters. The normalized spacial score (nSPS) is 10.9. The van der Waals surface area contributed by atoms with Crippen LogP contribution in [0.25, 0.3) is 0 Å². The Kier molecular flexibility index (Phi) is 2.34. The summed E-state index contributed by atoms with van der Waals surface area (Å²) in [4.78, 5) is 15.3. The van der Waals surface area contributed by atoms with E-state index < -0.39 is 0 Å². The van der Waals surface area contributed by atoms with Crippen molar-refractivity contribution in [2.75, 3.05) is 0 Å². The number of aromatic nitrogens is 4. The lowest BCUT2D eigenvalue weighted by molar-refractivity contribution is 1.00. The molecule has 4 heteroatoms. The highest BCUT2D eigenvalue weighted by molar-refractivity contribution is 5.23. The topological polar surface area (TPSA) is 57.4 Å². The summed E-state index contributed by atoms with van der Waals surface area (Å²) in [5, 5.41) is 0. The Morgan fingerprint density at radius 2 is 1.20 bits per heavy atom. The second-order valence-electron chi connectivity index (χ2n) is 3.96. The summed E-state index contributed by atoms with van der Waals surface area (Å²) in [7, 11) is 0. The lowest BCUT2D eigenvalue weighted by Gasteiger charge is -1.96. The van der Waals surface area contributed by atoms with E-state index in [0.717, 1.165) is 40.8 Å². The van der Waals surface area contributed by atoms with Crippen molar-refractivity contribution in [3.8, 4) is 0 Å². The van der Waals surface area contributed by atoms with Gasteiger partial charge in [0, 0.05) is 17.8 Å². The Balaban J connectivity index is 2.29. The van der Waals surface area contributed by atoms with Crippen molar-refractivity contribution in [1.29, 1.82) is 0 Å². The molecule has 2 N–H and O–H groups in total. The molecular formula is C11H16N4. The van der Waals surface area contributed by atoms with E-state index in [4.69, 9.17) is 0 Å². The Morgan fingerprint density at radius 1 is 0.800 bits per heavy atom. The van der Waals surface area contributed by atoms with Crippen LogP contribution in [-0.2, 0) is 6.42 Å². The predicted molar refractivity (Wildman–Crippen MR) is 58.9 cm³/mol. The number of H-pyrrole nitrogens is 2. The lowest BCUT2D eigenvalue weighted by atomic mass is 10.2. The van der Waals surface area contributed by atoms with Crippen LogP contribution in [0.1, 0.15) is 34.4 Å². The van der Waals surface area contributed by atoms with Crippen LogP contribution in [0, 0.1) is 27.7 Å². The minimum Gasteiger partial charge on any atom is -0.346 e. The van der Waals surface area contributed by atoms with Gasteiger partial charge in [-0.2, -0.15) is 0 Å². The van der Waals surface area contributed by atoms with Crippen molar-refractivity contribution in [3.05, 3.63) is 34.4 Å². The van der Waals surface area contributed by atoms with E-state index in [9.17, 15) is 0 Å². The van der Waals surface area contributed by atoms with E-state index in [2.05, 4.69) is 19.9 Å². The first-order valence-electron chi connectivity index (χ1n) is 5.10. The highest BCUT2D eigenvalue weighted by atomic mass is 14.9. The fourth-order valence-electron chi connectivity index (χ4n) is 1.82. The van der Waals surface area contributed by atoms with Gasteiger partial charge in [0.1, 0.15) is 11.6 Å². The molecule has 2 heterocycles. The third-order valence-corrected chi connectivity index (χ3v) is 2.54. The van der Waals surface area contributed by atoms with E-state index >= 15 is 0 Å². The van der Waals surface area contributed by atoms with E-state index in [0.29, 0.717) is 0 Å². The molecule has 2 rings (SSSR count). The molecule has 0 radical (unpaired) electrons. The highest BCUT2D eigenvalue weighted by Gasteiger charge is 2.09. The fraction of sp³-hybridized carbons (Fsp3) is 0.455. The van der Waals surface area contributed by atoms with Crippen LogP contribution < -0.4 is 0 Å². The van der Waals surface area contributed by atoms with Crippen molar-refractivity contribution >= 4 is 0 Å². The average Bonchev–Trinajstić information content (AvgIpc) is 2.58. The molecule has 15 heavy (non-hydrogen) atoms. The van der Waals surface area contributed by atoms with Crippen molar-refractivity contribution in [3.63, 3.8) is 0 Å². The second kappa shape index (κ2) is 3.53. The molecule has 0 aliphatic carbocycles. The van der Waals surface area contributed by atoms with Gasteiger partial charge in [0.2, 0.25) is 0 Å². The molecule has 2 aromatic heterocycles. The summed E-state index contributed by atoms with van der Waals surface area (Å²) < 4.78 is 0. The number of aromatic amines is 2. The predicted octanol–water partition coefficient (Wildman–Crippen LogP) is 1.96. The molecule has 0 amide bonds. The Bertz CT molecular complexity index is 434. The summed E-state index contributed by atoms with van der Waals surface area (Å²) in [6.45, 7) is 8.03. The van der Waals surface area contributed by atoms with Gasteiger partial charge in [-0.1, -0.05) is 0 Å². The first-order valence-corrected chi connectivity index (χ1v) is 5.10. The van der Waals surface area contributed by atoms with Crippen LogP contribution in [0.3, 0.4) is 0 Å². The van der Waals surface area contributed by atoms with Crippen LogP contribution in [0.2, 0.25) is 0 Å². The number of imidazole rings is 2. The maximum atomic E-state index is 4.45. The zero-order valence-corrected chi connectivity index (χ0v) is 9.60. The zero-order chi connectivity index (χ0) is 11.0. The van der Waals surface area contributed by atoms with Crippen molar-refractivity contribution in [2.24, 2.45) is 0 Å². The van der Waals surface area contributed by atoms with E-state index in [1.165, 1.54) is 0 Å². The molecule has 0 spiro atoms. The number of aryl methyl sites for hydroxylation is 4. The number of hydrogen-bond donors (Lipinski definition) is 2. The van der Waals surface area contributed by atoms with Crippen LogP contribution in [0.15, 0.2) is 0 Å². The summed E-state index contributed by atoms with van der Waals surface area (Å²) in [5.74, 6) is 1.93. The van der Waals surface area contributed by atoms with Gasteiger partial charge < -0.3 is 9.97 Å². The molecular weight excluding hydrogens is 188 g/mol. The maximum Gasteiger partial charge on any atom is 0.103 e. The van der Waals surface area contributed by atoms with Gasteiger partial charge >= 0.3 is 0 Å². The lowest BCUT2D eigenvalue weighted by Crippen LogP contribution is -1.94. The molecule has 0 fully saturated rings. The molecule has 80 valence electrons. The van der Waals surface area contributed by atoms with Gasteiger partial charge in [-0.05, 0) is 27.7 Å². The van der Waals surface area contributed by atoms with E-state index in [-0.39, 0.29) is 0 Å². The molecule has 0 unspecified atom stereocenters. The highest BCUT2D eigenvalue weighted by Crippen LogP contribution is 2.13. The number of nitrogens with zero attached hydrogens (tertiary/aromatic N) is 2. The van der Waals surface area contributed by atoms with Crippen LogP contribution in [-0.4, -0.2) is 19.9 Å². The molecule has 0 aliphatic heterocycles. The second-order valence-corrected chi connectivity index (χ2v) is 3.96. The third kappa shape index (κ3) is 1.93. The SMILES string of the molecule is Cc1nc(Cc2nc(C)[nH]c2C)c(C)[nH]1. The van der Waals surface area contributed by atoms with E-state index in [1.807, 2.05) is 27.7 Å². The number of rotatable bonds is 2. The van der Waals surface area contributed by atoms with Crippen molar-refractivity contribution < 1.29 is 0 Å². The molecule has 0 aliphatic rings. The van der Waals surface area contributed by atoms with Crippen LogP contribution >= 0.6 is 0 Å². The Labute approximate surface area is 89.2 Å². The number of nitrogens with one attached hydrogen (secondary N) is 2. The molecule has 4 nitrogen and oxygen atoms in total. The maximum absolute atomic E-state index is 4.45. The molecule has 0 saturated heterocycles. The fourth-order valence-corrected chi connectivity index (χ4v) is 1.82. The molecule has 0 aromatic carbocycles. The molecule has 2 aromatic rings. The van der Waals surface area contributed by atoms with Gasteiger partial charge in [-0.3, -0.25) is 0 Å². The first kappa shape index (κ1) is 9.96. The quantitative estimate of drug-likeness (QED) is 0.785. The third-order valence-electron chi connectivity index (χ3n) is 2.54. The smallest absolute Gasteiger partial charge is 0.103 e. The first-order chi connectivity index (χ1) is 7.06. The van der Waals surface area contributed by atoms with Gasteiger partial charge in [-0.15, -0.1) is 0 Å². The molecule has 0 saturated carbocycles. The number of hydrogen-bond acceptors (Lipinski definition) is 2. The summed E-state index contributed by atoms with van der Waals surface area (Å²) in [6, 6.07) is 0. The largest absolute Gasteiger partial charge is 0.346 e. The van der Waals surface area contributed by atoms with Gasteiger partial charge in [0.05, 0.1) is 11.4 Å². The monoisotopic (exact) mass is 204 g/mol. The van der Waals surface area contributed by atoms with Crippen LogP contribution in [0.4, 0.5) is 0 Å². The van der Waals surface area contributed by atoms with Crippen molar-refractivity contribution in [1.82, 2.24) is 19.9 Å². The Morgan fingerprint density at radius 3 is 1.47 bits per heavy atom. The van der Waals surface area contributed by atoms with Gasteiger partial charge in [-0.25, -0.2) is 9.97 Å². The van der Waals surface area contributed by atoms with Gasteiger partial charge in [0.25, 0.3) is 0 Å². The zero-order valence-electron chi connectivity index (χ0n) is 9.60. The molecule has 0 bridgehead atoms. The van der Waals surface area contributed by atoms with Crippen molar-refractivity contribution in [2.45, 2.75) is 34.1 Å². The minimum absolute atomic E-state index is 0.798.